The Morgan fingerprint density at radius 3 is 2.53 bits per heavy atom. The van der Waals surface area contributed by atoms with Crippen LogP contribution in [0, 0.1) is 0 Å². The van der Waals surface area contributed by atoms with E-state index in [1.807, 2.05) is 51.1 Å². The second kappa shape index (κ2) is 13.2. The molecule has 2 heterocycles. The third kappa shape index (κ3) is 7.28. The van der Waals surface area contributed by atoms with Crippen LogP contribution in [0.3, 0.4) is 0 Å². The predicted octanol–water partition coefficient (Wildman–Crippen LogP) is 5.47. The first-order chi connectivity index (χ1) is 20.8. The molecule has 2 N–H and O–H groups in total. The molecule has 1 aliphatic heterocycles. The molecule has 2 amide bonds. The van der Waals surface area contributed by atoms with Gasteiger partial charge in [-0.25, -0.2) is 4.79 Å². The number of hydrogen-bond acceptors (Lipinski definition) is 8. The van der Waals surface area contributed by atoms with Crippen LogP contribution >= 0.6 is 0 Å². The molecule has 1 aliphatic carbocycles. The second-order valence-corrected chi connectivity index (χ2v) is 11.4. The Kier molecular flexibility index (Phi) is 9.18. The monoisotopic (exact) mass is 590 g/mol. The maximum atomic E-state index is 12.7. The van der Waals surface area contributed by atoms with E-state index in [-0.39, 0.29) is 48.2 Å². The smallest absolute Gasteiger partial charge is 0.410 e. The van der Waals surface area contributed by atoms with Crippen molar-refractivity contribution in [3.63, 3.8) is 0 Å². The van der Waals surface area contributed by atoms with Gasteiger partial charge in [-0.3, -0.25) is 14.7 Å². The fourth-order valence-electron chi connectivity index (χ4n) is 5.39. The summed E-state index contributed by atoms with van der Waals surface area (Å²) >= 11 is 0. The fourth-order valence-corrected chi connectivity index (χ4v) is 5.39. The van der Waals surface area contributed by atoms with Crippen LogP contribution in [-0.4, -0.2) is 64.8 Å². The molecule has 11 nitrogen and oxygen atoms in total. The summed E-state index contributed by atoms with van der Waals surface area (Å²) in [5.41, 5.74) is 1.84. The lowest BCUT2D eigenvalue weighted by Crippen LogP contribution is -2.58. The van der Waals surface area contributed by atoms with Crippen molar-refractivity contribution in [1.29, 1.82) is 0 Å². The Labute approximate surface area is 250 Å². The summed E-state index contributed by atoms with van der Waals surface area (Å²) in [6.45, 7) is 6.95. The lowest BCUT2D eigenvalue weighted by atomic mass is 9.90. The molecule has 0 unspecified atom stereocenters. The van der Waals surface area contributed by atoms with Gasteiger partial charge in [0, 0.05) is 41.9 Å². The van der Waals surface area contributed by atoms with Crippen molar-refractivity contribution in [3.05, 3.63) is 65.4 Å². The number of carbonyl (C=O) groups is 3. The Bertz CT molecular complexity index is 1440. The predicted molar refractivity (Wildman–Crippen MR) is 159 cm³/mol. The van der Waals surface area contributed by atoms with Gasteiger partial charge >= 0.3 is 6.09 Å². The molecule has 3 aromatic rings. The molecular weight excluding hydrogens is 552 g/mol. The largest absolute Gasteiger partial charge is 0.494 e. The lowest BCUT2D eigenvalue weighted by Gasteiger charge is -2.47. The number of nitrogens with one attached hydrogen (secondary N) is 2. The Hall–Kier alpha value is -4.54. The van der Waals surface area contributed by atoms with E-state index < -0.39 is 5.91 Å². The Morgan fingerprint density at radius 2 is 1.86 bits per heavy atom. The van der Waals surface area contributed by atoms with Gasteiger partial charge in [-0.2, -0.15) is 5.10 Å². The minimum Gasteiger partial charge on any atom is -0.494 e. The molecule has 2 aliphatic rings. The summed E-state index contributed by atoms with van der Waals surface area (Å²) < 4.78 is 23.1. The van der Waals surface area contributed by atoms with E-state index in [4.69, 9.17) is 18.9 Å². The van der Waals surface area contributed by atoms with Gasteiger partial charge in [-0.15, -0.1) is 0 Å². The van der Waals surface area contributed by atoms with E-state index in [0.717, 1.165) is 37.1 Å². The first-order valence-corrected chi connectivity index (χ1v) is 14.6. The van der Waals surface area contributed by atoms with Crippen molar-refractivity contribution in [2.45, 2.75) is 70.6 Å². The number of carbonyl (C=O) groups excluding carboxylic acids is 3. The zero-order chi connectivity index (χ0) is 30.4. The Balaban J connectivity index is 1.15. The molecule has 11 heteroatoms. The van der Waals surface area contributed by atoms with Gasteiger partial charge in [-0.05, 0) is 52.0 Å². The number of likely N-dealkylation sites (tertiary alicyclic amines) is 1. The van der Waals surface area contributed by atoms with Crippen molar-refractivity contribution >= 4 is 24.1 Å². The normalized spacial score (nSPS) is 18.8. The first kappa shape index (κ1) is 29.9. The third-order valence-electron chi connectivity index (χ3n) is 7.96. The number of anilines is 1. The summed E-state index contributed by atoms with van der Waals surface area (Å²) in [7, 11) is 0. The molecule has 2 fully saturated rings. The zero-order valence-corrected chi connectivity index (χ0v) is 24.8. The highest BCUT2D eigenvalue weighted by Gasteiger charge is 2.42. The number of hydrogen-bond donors (Lipinski definition) is 2. The van der Waals surface area contributed by atoms with Gasteiger partial charge < -0.3 is 29.2 Å². The highest BCUT2D eigenvalue weighted by Crippen LogP contribution is 2.38. The van der Waals surface area contributed by atoms with E-state index in [1.165, 1.54) is 0 Å². The van der Waals surface area contributed by atoms with E-state index in [9.17, 15) is 14.4 Å². The van der Waals surface area contributed by atoms with E-state index in [2.05, 4.69) is 15.5 Å². The number of ether oxygens (including phenoxy) is 4. The molecule has 1 saturated heterocycles. The van der Waals surface area contributed by atoms with Crippen LogP contribution in [-0.2, 0) is 16.1 Å². The number of rotatable bonds is 12. The average Bonchev–Trinajstić information content (AvgIpc) is 3.64. The van der Waals surface area contributed by atoms with Crippen molar-refractivity contribution in [3.8, 4) is 17.2 Å². The highest BCUT2D eigenvalue weighted by atomic mass is 16.6. The number of aromatic nitrogens is 2. The van der Waals surface area contributed by atoms with Gasteiger partial charge in [0.25, 0.3) is 5.91 Å². The minimum atomic E-state index is -0.446. The number of nitrogens with zero attached hydrogens (tertiary/aromatic N) is 2. The van der Waals surface area contributed by atoms with E-state index in [1.54, 1.807) is 23.1 Å². The van der Waals surface area contributed by atoms with Crippen LogP contribution in [0.15, 0.2) is 48.5 Å². The van der Waals surface area contributed by atoms with Crippen LogP contribution in [0.4, 0.5) is 10.6 Å². The zero-order valence-electron chi connectivity index (χ0n) is 24.8. The van der Waals surface area contributed by atoms with Crippen molar-refractivity contribution in [2.75, 3.05) is 25.1 Å². The molecule has 5 rings (SSSR count). The number of aromatic amines is 1. The fraction of sp³-hybridized carbons (Fsp3) is 0.438. The molecule has 2 aromatic carbocycles. The first-order valence-electron chi connectivity index (χ1n) is 14.6. The van der Waals surface area contributed by atoms with Crippen LogP contribution in [0.25, 0.3) is 0 Å². The van der Waals surface area contributed by atoms with E-state index >= 15 is 0 Å². The summed E-state index contributed by atoms with van der Waals surface area (Å²) in [5.74, 6) is 0.983. The molecule has 0 spiro atoms. The van der Waals surface area contributed by atoms with Crippen LogP contribution in [0.2, 0.25) is 0 Å². The second-order valence-electron chi connectivity index (χ2n) is 11.4. The maximum Gasteiger partial charge on any atom is 0.410 e. The molecule has 0 bridgehead atoms. The summed E-state index contributed by atoms with van der Waals surface area (Å²) in [4.78, 5) is 39.0. The number of benzene rings is 2. The van der Waals surface area contributed by atoms with Crippen LogP contribution in [0.1, 0.15) is 74.0 Å². The molecule has 1 saturated carbocycles. The Morgan fingerprint density at radius 1 is 1.09 bits per heavy atom. The molecule has 228 valence electrons. The minimum absolute atomic E-state index is 0.141. The average molecular weight is 591 g/mol. The quantitative estimate of drug-likeness (QED) is 0.265. The maximum absolute atomic E-state index is 12.7. The SMILES string of the molecule is CCOc1cc(OCC(=O)Nc2cc([C@H]3CC[C@@H](OC(=O)N4CCC4(C)C)C3)[nH]n2)c(C=O)c(OCc2ccccc2)c1. The standard InChI is InChI=1S/C32H38N4O7/c1-4-40-24-15-27(41-19-21-8-6-5-7-9-21)25(18-37)28(16-24)42-20-30(38)33-29-17-26(34-35-29)22-10-11-23(14-22)43-31(39)36-13-12-32(36,2)3/h5-9,15-18,22-23H,4,10-14,19-20H2,1-3H3,(H2,33,34,35,38)/t22-,23+/m0/s1. The summed E-state index contributed by atoms with van der Waals surface area (Å²) in [6, 6.07) is 14.5. The van der Waals surface area contributed by atoms with Gasteiger partial charge in [0.1, 0.15) is 30.0 Å². The van der Waals surface area contributed by atoms with Crippen molar-refractivity contribution in [1.82, 2.24) is 15.1 Å². The van der Waals surface area contributed by atoms with Gasteiger partial charge in [0.15, 0.2) is 18.7 Å². The number of H-pyrrole nitrogens is 1. The molecule has 2 atom stereocenters. The molecule has 43 heavy (non-hydrogen) atoms. The highest BCUT2D eigenvalue weighted by molar-refractivity contribution is 5.91. The molecule has 1 aromatic heterocycles. The third-order valence-corrected chi connectivity index (χ3v) is 7.96. The van der Waals surface area contributed by atoms with Gasteiger partial charge in [-0.1, -0.05) is 30.3 Å². The molecular formula is C32H38N4O7. The molecule has 0 radical (unpaired) electrons. The van der Waals surface area contributed by atoms with Crippen molar-refractivity contribution in [2.24, 2.45) is 0 Å². The summed E-state index contributed by atoms with van der Waals surface area (Å²) in [6.07, 6.45) is 3.53. The topological polar surface area (TPSA) is 132 Å². The van der Waals surface area contributed by atoms with E-state index in [0.29, 0.717) is 36.6 Å². The van der Waals surface area contributed by atoms with Gasteiger partial charge in [0.2, 0.25) is 0 Å². The number of amides is 2. The van der Waals surface area contributed by atoms with Crippen LogP contribution < -0.4 is 19.5 Å². The summed E-state index contributed by atoms with van der Waals surface area (Å²) in [5, 5.41) is 9.95. The van der Waals surface area contributed by atoms with Crippen molar-refractivity contribution < 1.29 is 33.3 Å². The van der Waals surface area contributed by atoms with Gasteiger partial charge in [0.05, 0.1) is 12.2 Å². The van der Waals surface area contributed by atoms with Crippen LogP contribution in [0.5, 0.6) is 17.2 Å². The lowest BCUT2D eigenvalue weighted by molar-refractivity contribution is -0.118. The number of aldehydes is 1.